The van der Waals surface area contributed by atoms with E-state index in [1.54, 1.807) is 0 Å². The molecule has 1 aliphatic carbocycles. The Balaban J connectivity index is 1.69. The summed E-state index contributed by atoms with van der Waals surface area (Å²) in [5, 5.41) is 9.58. The zero-order valence-corrected chi connectivity index (χ0v) is 17.3. The lowest BCUT2D eigenvalue weighted by Crippen LogP contribution is -2.04. The number of halogens is 1. The van der Waals surface area contributed by atoms with Crippen LogP contribution in [-0.4, -0.2) is 17.7 Å². The molecule has 0 bridgehead atoms. The van der Waals surface area contributed by atoms with Crippen molar-refractivity contribution in [2.75, 3.05) is 6.61 Å². The van der Waals surface area contributed by atoms with Crippen LogP contribution in [0.2, 0.25) is 5.02 Å². The molecule has 0 radical (unpaired) electrons. The highest BCUT2D eigenvalue weighted by molar-refractivity contribution is 6.30. The summed E-state index contributed by atoms with van der Waals surface area (Å²) >= 11 is 6.02. The summed E-state index contributed by atoms with van der Waals surface area (Å²) in [6.07, 6.45) is 4.97. The Hall–Kier alpha value is -2.26. The number of carbonyl (C=O) groups is 1. The molecule has 2 aromatic carbocycles. The van der Waals surface area contributed by atoms with Crippen LogP contribution in [0.15, 0.2) is 42.0 Å². The third kappa shape index (κ3) is 4.96. The van der Waals surface area contributed by atoms with E-state index >= 15 is 0 Å². The number of ether oxygens (including phenoxy) is 1. The fourth-order valence-corrected chi connectivity index (χ4v) is 3.97. The van der Waals surface area contributed by atoms with E-state index in [9.17, 15) is 4.79 Å². The van der Waals surface area contributed by atoms with Crippen molar-refractivity contribution < 1.29 is 14.6 Å². The topological polar surface area (TPSA) is 46.5 Å². The number of allylic oxidation sites excluding steroid dienone is 1. The first kappa shape index (κ1) is 20.5. The molecule has 0 amide bonds. The number of rotatable bonds is 8. The molecule has 1 aliphatic rings. The second kappa shape index (κ2) is 9.29. The van der Waals surface area contributed by atoms with Crippen LogP contribution in [0.5, 0.6) is 5.75 Å². The van der Waals surface area contributed by atoms with Crippen LogP contribution >= 0.6 is 11.6 Å². The van der Waals surface area contributed by atoms with Gasteiger partial charge in [0.2, 0.25) is 0 Å². The van der Waals surface area contributed by atoms with Gasteiger partial charge in [-0.15, -0.1) is 0 Å². The van der Waals surface area contributed by atoms with Crippen LogP contribution < -0.4 is 4.74 Å². The fourth-order valence-electron chi connectivity index (χ4n) is 3.84. The van der Waals surface area contributed by atoms with Gasteiger partial charge in [0.1, 0.15) is 12.4 Å². The summed E-state index contributed by atoms with van der Waals surface area (Å²) in [6, 6.07) is 12.2. The van der Waals surface area contributed by atoms with E-state index in [-0.39, 0.29) is 6.42 Å². The van der Waals surface area contributed by atoms with Gasteiger partial charge in [0.05, 0.1) is 0 Å². The van der Waals surface area contributed by atoms with Crippen molar-refractivity contribution >= 4 is 23.1 Å². The van der Waals surface area contributed by atoms with Gasteiger partial charge in [-0.3, -0.25) is 4.79 Å². The third-order valence-corrected chi connectivity index (χ3v) is 5.87. The first-order valence-electron chi connectivity index (χ1n) is 9.86. The Morgan fingerprint density at radius 3 is 2.54 bits per heavy atom. The standard InChI is InChI=1S/C24H27ClO3/c1-16-17(2)23(14-11-18(16)5-4-8-24(26)27)28-15-20-6-3-7-22(20)19-9-12-21(25)13-10-19/h9-14H,3-8,15H2,1-2H3,(H,26,27). The lowest BCUT2D eigenvalue weighted by molar-refractivity contribution is -0.137. The molecular formula is C24H27ClO3. The average molecular weight is 399 g/mol. The highest BCUT2D eigenvalue weighted by Crippen LogP contribution is 2.35. The molecule has 0 heterocycles. The van der Waals surface area contributed by atoms with Gasteiger partial charge in [-0.1, -0.05) is 29.8 Å². The second-order valence-electron chi connectivity index (χ2n) is 7.45. The summed E-state index contributed by atoms with van der Waals surface area (Å²) < 4.78 is 6.20. The molecule has 0 aromatic heterocycles. The van der Waals surface area contributed by atoms with E-state index in [0.29, 0.717) is 13.0 Å². The van der Waals surface area contributed by atoms with E-state index in [4.69, 9.17) is 21.4 Å². The Labute approximate surface area is 172 Å². The quantitative estimate of drug-likeness (QED) is 0.561. The SMILES string of the molecule is Cc1c(CCCC(=O)O)ccc(OCC2=C(c3ccc(Cl)cc3)CCC2)c1C. The Morgan fingerprint density at radius 1 is 1.07 bits per heavy atom. The van der Waals surface area contributed by atoms with E-state index in [0.717, 1.165) is 42.0 Å². The third-order valence-electron chi connectivity index (χ3n) is 5.61. The summed E-state index contributed by atoms with van der Waals surface area (Å²) in [5.74, 6) is 0.171. The smallest absolute Gasteiger partial charge is 0.303 e. The van der Waals surface area contributed by atoms with Gasteiger partial charge in [0, 0.05) is 11.4 Å². The van der Waals surface area contributed by atoms with Gasteiger partial charge < -0.3 is 9.84 Å². The van der Waals surface area contributed by atoms with Crippen molar-refractivity contribution in [3.05, 3.63) is 69.2 Å². The van der Waals surface area contributed by atoms with Crippen molar-refractivity contribution in [2.45, 2.75) is 52.4 Å². The van der Waals surface area contributed by atoms with Crippen molar-refractivity contribution in [3.8, 4) is 5.75 Å². The van der Waals surface area contributed by atoms with Crippen LogP contribution in [0.1, 0.15) is 54.4 Å². The number of benzene rings is 2. The van der Waals surface area contributed by atoms with Crippen LogP contribution in [0.3, 0.4) is 0 Å². The molecule has 0 saturated carbocycles. The first-order valence-corrected chi connectivity index (χ1v) is 10.2. The van der Waals surface area contributed by atoms with E-state index in [1.165, 1.54) is 27.8 Å². The first-order chi connectivity index (χ1) is 13.5. The minimum atomic E-state index is -0.740. The number of hydrogen-bond donors (Lipinski definition) is 1. The molecule has 2 aromatic rings. The lowest BCUT2D eigenvalue weighted by Gasteiger charge is -2.16. The zero-order chi connectivity index (χ0) is 20.1. The molecule has 1 N–H and O–H groups in total. The van der Waals surface area contributed by atoms with Crippen LogP contribution in [0, 0.1) is 13.8 Å². The molecule has 3 nitrogen and oxygen atoms in total. The molecule has 28 heavy (non-hydrogen) atoms. The molecule has 0 saturated heterocycles. The number of carboxylic acid groups (broad SMARTS) is 1. The molecule has 0 aliphatic heterocycles. The average Bonchev–Trinajstić information content (AvgIpc) is 3.13. The maximum absolute atomic E-state index is 10.7. The summed E-state index contributed by atoms with van der Waals surface area (Å²) in [7, 11) is 0. The predicted molar refractivity (Wildman–Crippen MR) is 114 cm³/mol. The van der Waals surface area contributed by atoms with Gasteiger partial charge in [0.25, 0.3) is 0 Å². The number of aryl methyl sites for hydroxylation is 1. The lowest BCUT2D eigenvalue weighted by atomic mass is 9.98. The fraction of sp³-hybridized carbons (Fsp3) is 0.375. The zero-order valence-electron chi connectivity index (χ0n) is 16.6. The second-order valence-corrected chi connectivity index (χ2v) is 7.89. The van der Waals surface area contributed by atoms with Gasteiger partial charge >= 0.3 is 5.97 Å². The molecule has 3 rings (SSSR count). The van der Waals surface area contributed by atoms with E-state index in [1.807, 2.05) is 18.2 Å². The maximum atomic E-state index is 10.7. The van der Waals surface area contributed by atoms with Crippen LogP contribution in [-0.2, 0) is 11.2 Å². The van der Waals surface area contributed by atoms with Gasteiger partial charge in [-0.2, -0.15) is 0 Å². The molecule has 0 spiro atoms. The van der Waals surface area contributed by atoms with Gasteiger partial charge in [0.15, 0.2) is 0 Å². The van der Waals surface area contributed by atoms with Crippen LogP contribution in [0.4, 0.5) is 0 Å². The van der Waals surface area contributed by atoms with Crippen molar-refractivity contribution in [1.82, 2.24) is 0 Å². The molecule has 148 valence electrons. The van der Waals surface area contributed by atoms with Crippen molar-refractivity contribution in [2.24, 2.45) is 0 Å². The van der Waals surface area contributed by atoms with Gasteiger partial charge in [-0.05, 0) is 97.6 Å². The summed E-state index contributed by atoms with van der Waals surface area (Å²) in [6.45, 7) is 4.78. The predicted octanol–water partition coefficient (Wildman–Crippen LogP) is 6.38. The maximum Gasteiger partial charge on any atom is 0.303 e. The molecule has 0 unspecified atom stereocenters. The highest BCUT2D eigenvalue weighted by atomic mass is 35.5. The minimum Gasteiger partial charge on any atom is -0.489 e. The van der Waals surface area contributed by atoms with Crippen LogP contribution in [0.25, 0.3) is 5.57 Å². The highest BCUT2D eigenvalue weighted by Gasteiger charge is 2.17. The molecule has 0 atom stereocenters. The number of aliphatic carboxylic acids is 1. The van der Waals surface area contributed by atoms with Crippen molar-refractivity contribution in [3.63, 3.8) is 0 Å². The normalized spacial score (nSPS) is 13.8. The van der Waals surface area contributed by atoms with Gasteiger partial charge in [-0.25, -0.2) is 0 Å². The molecular weight excluding hydrogens is 372 g/mol. The minimum absolute atomic E-state index is 0.207. The summed E-state index contributed by atoms with van der Waals surface area (Å²) in [5.41, 5.74) is 7.53. The van der Waals surface area contributed by atoms with E-state index in [2.05, 4.69) is 32.0 Å². The number of hydrogen-bond acceptors (Lipinski definition) is 2. The van der Waals surface area contributed by atoms with E-state index < -0.39 is 5.97 Å². The Morgan fingerprint density at radius 2 is 1.82 bits per heavy atom. The number of carboxylic acids is 1. The summed E-state index contributed by atoms with van der Waals surface area (Å²) in [4.78, 5) is 10.7. The Bertz CT molecular complexity index is 881. The van der Waals surface area contributed by atoms with Crippen molar-refractivity contribution in [1.29, 1.82) is 0 Å². The monoisotopic (exact) mass is 398 g/mol. The largest absolute Gasteiger partial charge is 0.489 e. The molecule has 0 fully saturated rings. The molecule has 4 heteroatoms. The Kier molecular flexibility index (Phi) is 6.79.